The number of rotatable bonds is 21. The van der Waals surface area contributed by atoms with E-state index in [4.69, 9.17) is 18.9 Å². The maximum absolute atomic E-state index is 12.9. The summed E-state index contributed by atoms with van der Waals surface area (Å²) in [5.74, 6) is -1.30. The van der Waals surface area contributed by atoms with Gasteiger partial charge in [-0.15, -0.1) is 0 Å². The van der Waals surface area contributed by atoms with Crippen LogP contribution >= 0.6 is 0 Å². The Hall–Kier alpha value is -11.5. The van der Waals surface area contributed by atoms with Crippen molar-refractivity contribution in [1.29, 1.82) is 0 Å². The molecule has 0 radical (unpaired) electrons. The van der Waals surface area contributed by atoms with E-state index in [2.05, 4.69) is 129 Å². The molecule has 0 aromatic carbocycles. The van der Waals surface area contributed by atoms with Gasteiger partial charge in [-0.3, -0.25) is 37.5 Å². The molecule has 32 heteroatoms. The van der Waals surface area contributed by atoms with Crippen molar-refractivity contribution in [2.75, 3.05) is 71.8 Å². The number of pyridine rings is 4. The lowest BCUT2D eigenvalue weighted by Crippen LogP contribution is -2.33. The number of nitrogens with one attached hydrogen (secondary N) is 1. The van der Waals surface area contributed by atoms with Crippen LogP contribution in [-0.4, -0.2) is 206 Å². The van der Waals surface area contributed by atoms with E-state index in [9.17, 15) is 45.6 Å². The zero-order valence-corrected chi connectivity index (χ0v) is 79.7. The maximum Gasteiger partial charge on any atom is 0.413 e. The smallest absolute Gasteiger partial charge is 0.413 e. The predicted molar refractivity (Wildman–Crippen MR) is 507 cm³/mol. The number of hydrogen-bond acceptors (Lipinski definition) is 20. The summed E-state index contributed by atoms with van der Waals surface area (Å²) < 4.78 is 94.6. The van der Waals surface area contributed by atoms with Gasteiger partial charge in [0.2, 0.25) is 0 Å². The predicted octanol–water partition coefficient (Wildman–Crippen LogP) is 19.1. The first-order valence-corrected chi connectivity index (χ1v) is 47.0. The van der Waals surface area contributed by atoms with Crippen molar-refractivity contribution in [2.45, 2.75) is 218 Å². The first-order chi connectivity index (χ1) is 61.7. The number of aromatic nitrogens is 12. The van der Waals surface area contributed by atoms with Crippen molar-refractivity contribution < 1.29 is 68.7 Å². The number of esters is 4. The van der Waals surface area contributed by atoms with Crippen LogP contribution in [0.15, 0.2) is 129 Å². The highest BCUT2D eigenvalue weighted by Gasteiger charge is 2.33. The molecule has 4 aliphatic heterocycles. The van der Waals surface area contributed by atoms with E-state index in [1.807, 2.05) is 162 Å². The molecular weight excluding hydrogens is 1690 g/mol. The Bertz CT molecular complexity index is 5910. The highest BCUT2D eigenvalue weighted by Crippen LogP contribution is 2.38. The Kier molecular flexibility index (Phi) is 35.0. The summed E-state index contributed by atoms with van der Waals surface area (Å²) in [4.78, 5) is 70.5. The Morgan fingerprint density at radius 2 is 0.756 bits per heavy atom. The molecule has 2 unspecified atom stereocenters. The highest BCUT2D eigenvalue weighted by atomic mass is 32.2. The number of nitrogens with zero attached hydrogens (tertiary/aromatic N) is 15. The van der Waals surface area contributed by atoms with Crippen LogP contribution in [-0.2, 0) is 61.4 Å². The van der Waals surface area contributed by atoms with Crippen molar-refractivity contribution >= 4 is 67.5 Å². The van der Waals surface area contributed by atoms with Gasteiger partial charge in [0.25, 0.3) is 10.1 Å². The third-order valence-electron chi connectivity index (χ3n) is 24.0. The fourth-order valence-corrected chi connectivity index (χ4v) is 17.9. The molecule has 16 heterocycles. The number of fused-ring (bicyclic) bond motifs is 4. The molecule has 28 nitrogen and oxygen atoms in total. The lowest BCUT2D eigenvalue weighted by atomic mass is 9.99. The van der Waals surface area contributed by atoms with Gasteiger partial charge in [0, 0.05) is 166 Å². The van der Waals surface area contributed by atoms with Gasteiger partial charge in [-0.05, 0) is 282 Å². The van der Waals surface area contributed by atoms with E-state index in [-0.39, 0.29) is 61.5 Å². The van der Waals surface area contributed by atoms with Crippen LogP contribution in [0, 0.1) is 27.7 Å². The minimum atomic E-state index is -4.59. The van der Waals surface area contributed by atoms with Crippen LogP contribution in [0.25, 0.3) is 72.8 Å². The van der Waals surface area contributed by atoms with Gasteiger partial charge in [0.05, 0.1) is 93.3 Å². The van der Waals surface area contributed by atoms with Crippen molar-refractivity contribution in [2.24, 2.45) is 28.2 Å². The number of ketones is 1. The van der Waals surface area contributed by atoms with Gasteiger partial charge in [0.15, 0.2) is 12.4 Å². The van der Waals surface area contributed by atoms with Gasteiger partial charge in [-0.2, -0.15) is 42.0 Å². The summed E-state index contributed by atoms with van der Waals surface area (Å²) in [6.07, 6.45) is 26.3. The summed E-state index contributed by atoms with van der Waals surface area (Å²) in [6, 6.07) is 24.3. The second kappa shape index (κ2) is 45.1. The molecule has 708 valence electrons. The number of halogens is 3. The SMILES string of the molecule is C.C1CCNCC1.C=C(c1c(C)c(C(=O)OC(C)C)cc2cc(-c3ccnn3C)cn12)N1CCCCC1.CCOC(=O)c1cc2cc(-c3ccnn3C)cn2c(C(C)=O)c1C.CS(=O)(=O)OCC(F)(F)F.Cc1c(C(=O)OC(C)C)cc2cc(-c3ccnn3C)cn2c1C(C)N1CCCCC1.Cc1c(C(=O)OC(C)C)cc2cc(-c3ccnn3C)cn2c1C(C)N1CCCCC1. The molecule has 131 heavy (non-hydrogen) atoms. The molecule has 1 N–H and O–H groups in total. The van der Waals surface area contributed by atoms with Crippen LogP contribution in [0.4, 0.5) is 13.2 Å². The lowest BCUT2D eigenvalue weighted by molar-refractivity contribution is -0.152. The van der Waals surface area contributed by atoms with E-state index in [1.54, 1.807) is 37.0 Å². The average molecular weight is 1830 g/mol. The molecule has 2 atom stereocenters. The zero-order valence-electron chi connectivity index (χ0n) is 78.8. The third-order valence-corrected chi connectivity index (χ3v) is 24.5. The Morgan fingerprint density at radius 3 is 1.04 bits per heavy atom. The summed E-state index contributed by atoms with van der Waals surface area (Å²) in [6.45, 7) is 38.8. The topological polar surface area (TPSA) is 276 Å². The van der Waals surface area contributed by atoms with Crippen LogP contribution in [0.1, 0.15) is 257 Å². The summed E-state index contributed by atoms with van der Waals surface area (Å²) in [7, 11) is 3.72. The van der Waals surface area contributed by atoms with Crippen molar-refractivity contribution in [1.82, 2.24) is 76.7 Å². The summed E-state index contributed by atoms with van der Waals surface area (Å²) in [5.41, 5.74) is 22.6. The molecule has 4 saturated heterocycles. The average Bonchev–Trinajstić information content (AvgIpc) is 1.65. The van der Waals surface area contributed by atoms with Crippen LogP contribution in [0.5, 0.6) is 0 Å². The van der Waals surface area contributed by atoms with Gasteiger partial charge >= 0.3 is 30.1 Å². The van der Waals surface area contributed by atoms with Crippen LogP contribution < -0.4 is 5.32 Å². The first kappa shape index (κ1) is 102. The molecule has 0 bridgehead atoms. The number of carbonyl (C=O) groups excluding carboxylic acids is 5. The number of likely N-dealkylation sites (tertiary alicyclic amines) is 3. The minimum absolute atomic E-state index is 0. The van der Waals surface area contributed by atoms with Crippen LogP contribution in [0.3, 0.4) is 0 Å². The fourth-order valence-electron chi connectivity index (χ4n) is 17.6. The van der Waals surface area contributed by atoms with Crippen LogP contribution in [0.2, 0.25) is 0 Å². The molecular formula is C99H133F3N16O12S. The Labute approximate surface area is 768 Å². The molecule has 4 aliphatic rings. The Balaban J connectivity index is 0.000000171. The number of alkyl halides is 3. The van der Waals surface area contributed by atoms with E-state index in [0.29, 0.717) is 46.4 Å². The number of Topliss-reactive ketones (excluding diaryl/α,β-unsaturated/α-hetero) is 1. The highest BCUT2D eigenvalue weighted by molar-refractivity contribution is 7.86. The van der Waals surface area contributed by atoms with Gasteiger partial charge in [0.1, 0.15) is 0 Å². The van der Waals surface area contributed by atoms with E-state index in [0.717, 1.165) is 134 Å². The first-order valence-electron chi connectivity index (χ1n) is 45.2. The normalized spacial score (nSPS) is 15.0. The number of ether oxygens (including phenoxy) is 4. The second-order valence-corrected chi connectivity index (χ2v) is 36.4. The Morgan fingerprint density at radius 1 is 0.450 bits per heavy atom. The standard InChI is InChI=1S/2C24H32N4O2.C24H30N4O2.C18H19N3O3.C5H11N.C3H5F3O3S.CH4/c3*1-16(2)30-24(29)21-14-20-13-19(22-9-10-25-26(22)5)15-28(20)23(17(21)3)18(4)27-11-7-6-8-12-27;1-5-24-18(23)15-9-14-8-13(16-6-7-19-20(16)4)10-21(14)17(11(15)2)12(3)22;1-2-4-6-5-3-1;1-10(7,8)9-2-3(4,5)6;/h2*9-10,13-16,18H,6-8,11-12H2,1-5H3;9-10,13-16H,4,6-8,11-12H2,1-3,5H3;6-10H,5H2,1-4H3;6H,1-5H2;2H2,1H3;1H4. The molecule has 0 amide bonds. The fraction of sp³-hybridized carbons (Fsp3) is 0.485. The third kappa shape index (κ3) is 25.2. The summed E-state index contributed by atoms with van der Waals surface area (Å²) >= 11 is 0. The molecule has 16 rings (SSSR count). The van der Waals surface area contributed by atoms with Gasteiger partial charge in [-0.25, -0.2) is 19.2 Å². The zero-order chi connectivity index (χ0) is 94.3. The molecule has 0 saturated carbocycles. The number of hydrogen-bond donors (Lipinski definition) is 1. The van der Waals surface area contributed by atoms with E-state index < -0.39 is 28.9 Å². The number of piperidine rings is 4. The number of carbonyl (C=O) groups is 5. The quantitative estimate of drug-likeness (QED) is 0.0303. The lowest BCUT2D eigenvalue weighted by Gasteiger charge is -2.34. The largest absolute Gasteiger partial charge is 0.462 e. The van der Waals surface area contributed by atoms with Crippen molar-refractivity contribution in [3.63, 3.8) is 0 Å². The van der Waals surface area contributed by atoms with Crippen molar-refractivity contribution in [3.8, 4) is 45.0 Å². The van der Waals surface area contributed by atoms with E-state index in [1.165, 1.54) is 108 Å². The molecule has 4 fully saturated rings. The minimum Gasteiger partial charge on any atom is -0.462 e. The van der Waals surface area contributed by atoms with Crippen molar-refractivity contribution in [3.05, 3.63) is 196 Å². The van der Waals surface area contributed by atoms with Gasteiger partial charge in [-0.1, -0.05) is 33.3 Å². The monoisotopic (exact) mass is 1830 g/mol. The molecule has 0 spiro atoms. The van der Waals surface area contributed by atoms with Gasteiger partial charge < -0.3 is 46.8 Å². The molecule has 12 aromatic heterocycles. The van der Waals surface area contributed by atoms with E-state index >= 15 is 0 Å². The molecule has 0 aliphatic carbocycles. The number of aryl methyl sites for hydroxylation is 4. The maximum atomic E-state index is 12.9. The molecule has 12 aromatic rings. The summed E-state index contributed by atoms with van der Waals surface area (Å²) in [5, 5.41) is 20.4. The second-order valence-electron chi connectivity index (χ2n) is 34.7.